The second kappa shape index (κ2) is 4.98. The van der Waals surface area contributed by atoms with Crippen molar-refractivity contribution < 1.29 is 4.79 Å². The Balaban J connectivity index is 2.15. The van der Waals surface area contributed by atoms with Crippen molar-refractivity contribution in [1.29, 1.82) is 5.26 Å². The number of carbonyl (C=O) groups excluding carboxylic acids is 1. The van der Waals surface area contributed by atoms with Gasteiger partial charge in [-0.25, -0.2) is 0 Å². The van der Waals surface area contributed by atoms with Crippen molar-refractivity contribution in [3.8, 4) is 6.07 Å². The van der Waals surface area contributed by atoms with Gasteiger partial charge >= 0.3 is 0 Å². The Morgan fingerprint density at radius 3 is 3.06 bits per heavy atom. The highest BCUT2D eigenvalue weighted by Gasteiger charge is 2.25. The van der Waals surface area contributed by atoms with Gasteiger partial charge in [0.25, 0.3) is 0 Å². The molecule has 4 heteroatoms. The number of likely N-dealkylation sites (N-methyl/N-ethyl adjacent to an activating group) is 1. The van der Waals surface area contributed by atoms with E-state index < -0.39 is 0 Å². The molecule has 1 aliphatic heterocycles. The minimum Gasteiger partial charge on any atom is -0.314 e. The zero-order valence-corrected chi connectivity index (χ0v) is 9.81. The molecular weight excluding hydrogens is 214 g/mol. The molecule has 4 nitrogen and oxygen atoms in total. The zero-order chi connectivity index (χ0) is 12.3. The third-order valence-corrected chi connectivity index (χ3v) is 3.05. The topological polar surface area (TPSA) is 56.1 Å². The van der Waals surface area contributed by atoms with Crippen LogP contribution in [0.2, 0.25) is 0 Å². The van der Waals surface area contributed by atoms with Crippen molar-refractivity contribution in [2.75, 3.05) is 18.5 Å². The highest BCUT2D eigenvalue weighted by molar-refractivity contribution is 5.97. The first kappa shape index (κ1) is 11.6. The molecule has 1 saturated heterocycles. The van der Waals surface area contributed by atoms with Crippen molar-refractivity contribution >= 4 is 11.6 Å². The SMILES string of the molecule is CN(C(=O)[C@H]1CCCN1)c1cccc(C#N)c1. The Hall–Kier alpha value is -1.86. The average molecular weight is 229 g/mol. The van der Waals surface area contributed by atoms with E-state index in [9.17, 15) is 4.79 Å². The van der Waals surface area contributed by atoms with Crippen LogP contribution in [0.3, 0.4) is 0 Å². The fourth-order valence-corrected chi connectivity index (χ4v) is 2.04. The number of nitrogens with zero attached hydrogens (tertiary/aromatic N) is 2. The molecular formula is C13H15N3O. The van der Waals surface area contributed by atoms with Crippen molar-refractivity contribution in [2.45, 2.75) is 18.9 Å². The summed E-state index contributed by atoms with van der Waals surface area (Å²) in [6.07, 6.45) is 1.93. The molecule has 0 unspecified atom stereocenters. The second-order valence-corrected chi connectivity index (χ2v) is 4.21. The molecule has 0 bridgehead atoms. The molecule has 17 heavy (non-hydrogen) atoms. The van der Waals surface area contributed by atoms with Crippen LogP contribution < -0.4 is 10.2 Å². The lowest BCUT2D eigenvalue weighted by Crippen LogP contribution is -2.41. The smallest absolute Gasteiger partial charge is 0.243 e. The molecule has 0 aromatic heterocycles. The van der Waals surface area contributed by atoms with Gasteiger partial charge in [-0.1, -0.05) is 6.07 Å². The van der Waals surface area contributed by atoms with Crippen LogP contribution in [-0.2, 0) is 4.79 Å². The summed E-state index contributed by atoms with van der Waals surface area (Å²) in [5, 5.41) is 12.0. The van der Waals surface area contributed by atoms with E-state index in [1.807, 2.05) is 6.07 Å². The van der Waals surface area contributed by atoms with Crippen LogP contribution in [0.4, 0.5) is 5.69 Å². The van der Waals surface area contributed by atoms with Crippen molar-refractivity contribution in [1.82, 2.24) is 5.32 Å². The minimum absolute atomic E-state index is 0.0672. The van der Waals surface area contributed by atoms with E-state index >= 15 is 0 Å². The molecule has 1 aliphatic rings. The molecule has 0 spiro atoms. The van der Waals surface area contributed by atoms with Crippen molar-refractivity contribution in [3.63, 3.8) is 0 Å². The van der Waals surface area contributed by atoms with Crippen LogP contribution in [0.5, 0.6) is 0 Å². The van der Waals surface area contributed by atoms with Crippen LogP contribution in [0.15, 0.2) is 24.3 Å². The maximum atomic E-state index is 12.1. The van der Waals surface area contributed by atoms with Crippen LogP contribution in [-0.4, -0.2) is 25.5 Å². The largest absolute Gasteiger partial charge is 0.314 e. The highest BCUT2D eigenvalue weighted by atomic mass is 16.2. The number of nitriles is 1. The first-order chi connectivity index (χ1) is 8.22. The summed E-state index contributed by atoms with van der Waals surface area (Å²) >= 11 is 0. The molecule has 88 valence electrons. The molecule has 0 aliphatic carbocycles. The van der Waals surface area contributed by atoms with Gasteiger partial charge in [-0.2, -0.15) is 5.26 Å². The van der Waals surface area contributed by atoms with Crippen LogP contribution in [0, 0.1) is 11.3 Å². The van der Waals surface area contributed by atoms with E-state index in [1.165, 1.54) is 0 Å². The fraction of sp³-hybridized carbons (Fsp3) is 0.385. The standard InChI is InChI=1S/C13H15N3O/c1-16(13(17)12-6-3-7-15-12)11-5-2-4-10(8-11)9-14/h2,4-5,8,12,15H,3,6-7H2,1H3/t12-/m1/s1. The van der Waals surface area contributed by atoms with Gasteiger partial charge in [-0.15, -0.1) is 0 Å². The van der Waals surface area contributed by atoms with Gasteiger partial charge < -0.3 is 10.2 Å². The molecule has 1 aromatic carbocycles. The van der Waals surface area contributed by atoms with Crippen molar-refractivity contribution in [3.05, 3.63) is 29.8 Å². The summed E-state index contributed by atoms with van der Waals surface area (Å²) in [5.41, 5.74) is 1.34. The molecule has 1 amide bonds. The Kier molecular flexibility index (Phi) is 3.40. The number of anilines is 1. The maximum absolute atomic E-state index is 12.1. The lowest BCUT2D eigenvalue weighted by Gasteiger charge is -2.21. The lowest BCUT2D eigenvalue weighted by molar-refractivity contribution is -0.119. The Morgan fingerprint density at radius 1 is 1.59 bits per heavy atom. The summed E-state index contributed by atoms with van der Waals surface area (Å²) in [5.74, 6) is 0.0672. The zero-order valence-electron chi connectivity index (χ0n) is 9.81. The van der Waals surface area contributed by atoms with E-state index in [4.69, 9.17) is 5.26 Å². The fourth-order valence-electron chi connectivity index (χ4n) is 2.04. The predicted molar refractivity (Wildman–Crippen MR) is 65.6 cm³/mol. The number of amides is 1. The summed E-state index contributed by atoms with van der Waals surface area (Å²) in [7, 11) is 1.75. The van der Waals surface area contributed by atoms with Gasteiger partial charge in [0.1, 0.15) is 0 Å². The molecule has 2 rings (SSSR count). The summed E-state index contributed by atoms with van der Waals surface area (Å²) in [6.45, 7) is 0.905. The van der Waals surface area contributed by atoms with Crippen LogP contribution in [0.1, 0.15) is 18.4 Å². The molecule has 0 saturated carbocycles. The lowest BCUT2D eigenvalue weighted by atomic mass is 10.1. The van der Waals surface area contributed by atoms with Crippen LogP contribution >= 0.6 is 0 Å². The number of hydrogen-bond donors (Lipinski definition) is 1. The molecule has 1 heterocycles. The number of nitrogens with one attached hydrogen (secondary N) is 1. The van der Waals surface area contributed by atoms with E-state index in [2.05, 4.69) is 11.4 Å². The van der Waals surface area contributed by atoms with Gasteiger partial charge in [0.15, 0.2) is 0 Å². The van der Waals surface area contributed by atoms with Gasteiger partial charge in [0.2, 0.25) is 5.91 Å². The number of carbonyl (C=O) groups is 1. The summed E-state index contributed by atoms with van der Waals surface area (Å²) in [6, 6.07) is 9.09. The van der Waals surface area contributed by atoms with E-state index in [0.717, 1.165) is 25.1 Å². The predicted octanol–water partition coefficient (Wildman–Crippen LogP) is 1.27. The average Bonchev–Trinajstić information content (AvgIpc) is 2.91. The molecule has 1 N–H and O–H groups in total. The molecule has 1 atom stereocenters. The number of rotatable bonds is 2. The normalized spacial score (nSPS) is 18.7. The second-order valence-electron chi connectivity index (χ2n) is 4.21. The number of benzene rings is 1. The minimum atomic E-state index is -0.0780. The summed E-state index contributed by atoms with van der Waals surface area (Å²) in [4.78, 5) is 13.7. The van der Waals surface area contributed by atoms with Crippen LogP contribution in [0.25, 0.3) is 0 Å². The van der Waals surface area contributed by atoms with E-state index in [-0.39, 0.29) is 11.9 Å². The summed E-state index contributed by atoms with van der Waals surface area (Å²) < 4.78 is 0. The van der Waals surface area contributed by atoms with Gasteiger partial charge in [0, 0.05) is 12.7 Å². The van der Waals surface area contributed by atoms with Gasteiger partial charge in [0.05, 0.1) is 17.7 Å². The van der Waals surface area contributed by atoms with E-state index in [0.29, 0.717) is 5.56 Å². The maximum Gasteiger partial charge on any atom is 0.243 e. The third-order valence-electron chi connectivity index (χ3n) is 3.05. The number of hydrogen-bond acceptors (Lipinski definition) is 3. The van der Waals surface area contributed by atoms with Gasteiger partial charge in [-0.05, 0) is 37.6 Å². The Morgan fingerprint density at radius 2 is 2.41 bits per heavy atom. The quantitative estimate of drug-likeness (QED) is 0.831. The Labute approximate surface area is 101 Å². The third kappa shape index (κ3) is 2.45. The van der Waals surface area contributed by atoms with Gasteiger partial charge in [-0.3, -0.25) is 4.79 Å². The molecule has 1 fully saturated rings. The highest BCUT2D eigenvalue weighted by Crippen LogP contribution is 2.17. The van der Waals surface area contributed by atoms with Crippen molar-refractivity contribution in [2.24, 2.45) is 0 Å². The molecule has 0 radical (unpaired) electrons. The first-order valence-corrected chi connectivity index (χ1v) is 5.73. The monoisotopic (exact) mass is 229 g/mol. The first-order valence-electron chi connectivity index (χ1n) is 5.73. The van der Waals surface area contributed by atoms with E-state index in [1.54, 1.807) is 30.1 Å². The molecule has 1 aromatic rings. The Bertz CT molecular complexity index is 458.